The van der Waals surface area contributed by atoms with Crippen LogP contribution < -0.4 is 14.2 Å². The van der Waals surface area contributed by atoms with Crippen LogP contribution in [0.2, 0.25) is 0 Å². The number of nitrogens with zero attached hydrogens (tertiary/aromatic N) is 1. The summed E-state index contributed by atoms with van der Waals surface area (Å²) in [5.41, 5.74) is 8.65. The normalized spacial score (nSPS) is 17.2. The molecule has 1 N–H and O–H groups in total. The quantitative estimate of drug-likeness (QED) is 0.268. The number of pyridine rings is 1. The van der Waals surface area contributed by atoms with Crippen molar-refractivity contribution >= 4 is 5.97 Å². The third-order valence-corrected chi connectivity index (χ3v) is 7.92. The number of ether oxygens (including phenoxy) is 3. The molecule has 0 spiro atoms. The molecule has 3 aromatic carbocycles. The zero-order chi connectivity index (χ0) is 28.0. The van der Waals surface area contributed by atoms with Gasteiger partial charge in [0.1, 0.15) is 29.2 Å². The fourth-order valence-electron chi connectivity index (χ4n) is 6.11. The summed E-state index contributed by atoms with van der Waals surface area (Å²) in [4.78, 5) is 15.7. The highest BCUT2D eigenvalue weighted by Crippen LogP contribution is 2.45. The third-order valence-electron chi connectivity index (χ3n) is 7.92. The Labute approximate surface area is 232 Å². The monoisotopic (exact) mass is 539 g/mol. The molecule has 0 saturated heterocycles. The average Bonchev–Trinajstić information content (AvgIpc) is 3.54. The van der Waals surface area contributed by atoms with Crippen LogP contribution >= 0.6 is 0 Å². The van der Waals surface area contributed by atoms with E-state index in [1.54, 1.807) is 19.4 Å². The molecule has 204 valence electrons. The van der Waals surface area contributed by atoms with Gasteiger partial charge in [0.05, 0.1) is 32.0 Å². The number of hydrogen-bond acceptors (Lipinski definition) is 5. The number of aliphatic carboxylic acids is 1. The van der Waals surface area contributed by atoms with Crippen LogP contribution in [0.4, 0.5) is 4.39 Å². The van der Waals surface area contributed by atoms with E-state index in [-0.39, 0.29) is 18.2 Å². The van der Waals surface area contributed by atoms with Crippen molar-refractivity contribution in [2.24, 2.45) is 0 Å². The molecule has 2 heterocycles. The molecular formula is C33H30FNO5. The second kappa shape index (κ2) is 10.3. The molecule has 6 rings (SSSR count). The Balaban J connectivity index is 1.30. The van der Waals surface area contributed by atoms with Crippen molar-refractivity contribution in [3.63, 3.8) is 0 Å². The standard InChI is InChI=1S/C33H30FNO5/c1-18-12-20(28-10-5-23(38-3)16-35-28)13-19(2)32(18)25-7-9-27(34)33-26(25)8-11-29(33)40-22-4-6-24-21(14-31(36)37)17-39-30(24)15-22/h4-7,9-10,12-13,15-16,21,29H,8,11,14,17H2,1-3H3,(H,36,37)/t21-,29-/m1/s1. The van der Waals surface area contributed by atoms with Crippen LogP contribution in [0.15, 0.2) is 60.8 Å². The van der Waals surface area contributed by atoms with Crippen LogP contribution in [0.3, 0.4) is 0 Å². The van der Waals surface area contributed by atoms with E-state index in [9.17, 15) is 4.79 Å². The van der Waals surface area contributed by atoms with E-state index in [0.717, 1.165) is 44.6 Å². The lowest BCUT2D eigenvalue weighted by molar-refractivity contribution is -0.137. The molecule has 6 nitrogen and oxygen atoms in total. The predicted molar refractivity (Wildman–Crippen MR) is 150 cm³/mol. The predicted octanol–water partition coefficient (Wildman–Crippen LogP) is 7.20. The Kier molecular flexibility index (Phi) is 6.66. The van der Waals surface area contributed by atoms with Crippen molar-refractivity contribution in [2.75, 3.05) is 13.7 Å². The minimum absolute atomic E-state index is 0.0214. The number of aromatic nitrogens is 1. The van der Waals surface area contributed by atoms with Gasteiger partial charge in [-0.15, -0.1) is 0 Å². The number of methoxy groups -OCH3 is 1. The Morgan fingerprint density at radius 3 is 2.55 bits per heavy atom. The molecule has 1 aromatic heterocycles. The highest BCUT2D eigenvalue weighted by Gasteiger charge is 2.32. The van der Waals surface area contributed by atoms with Gasteiger partial charge in [-0.25, -0.2) is 4.39 Å². The molecule has 0 unspecified atom stereocenters. The lowest BCUT2D eigenvalue weighted by Crippen LogP contribution is -2.07. The lowest BCUT2D eigenvalue weighted by Gasteiger charge is -2.19. The molecule has 0 radical (unpaired) electrons. The maximum absolute atomic E-state index is 15.3. The van der Waals surface area contributed by atoms with E-state index in [2.05, 4.69) is 31.0 Å². The van der Waals surface area contributed by atoms with Crippen molar-refractivity contribution in [2.45, 2.75) is 45.1 Å². The van der Waals surface area contributed by atoms with Gasteiger partial charge < -0.3 is 19.3 Å². The van der Waals surface area contributed by atoms with Crippen LogP contribution in [0, 0.1) is 19.7 Å². The maximum atomic E-state index is 15.3. The minimum Gasteiger partial charge on any atom is -0.495 e. The molecule has 0 bridgehead atoms. The van der Waals surface area contributed by atoms with Gasteiger partial charge in [-0.05, 0) is 90.9 Å². The largest absolute Gasteiger partial charge is 0.495 e. The summed E-state index contributed by atoms with van der Waals surface area (Å²) >= 11 is 0. The second-order valence-electron chi connectivity index (χ2n) is 10.5. The number of halogens is 1. The van der Waals surface area contributed by atoms with Crippen LogP contribution in [-0.4, -0.2) is 29.8 Å². The Hall–Kier alpha value is -4.39. The SMILES string of the molecule is COc1ccc(-c2cc(C)c(-c3ccc(F)c4c3CC[C@H]4Oc3ccc4c(c3)OC[C@H]4CC(=O)O)c(C)c2)nc1. The van der Waals surface area contributed by atoms with E-state index >= 15 is 4.39 Å². The zero-order valence-corrected chi connectivity index (χ0v) is 22.7. The van der Waals surface area contributed by atoms with Crippen molar-refractivity contribution < 1.29 is 28.5 Å². The first-order valence-electron chi connectivity index (χ1n) is 13.4. The van der Waals surface area contributed by atoms with Gasteiger partial charge in [0.25, 0.3) is 0 Å². The van der Waals surface area contributed by atoms with Crippen molar-refractivity contribution in [3.05, 3.63) is 94.4 Å². The minimum atomic E-state index is -0.854. The molecule has 0 saturated carbocycles. The van der Waals surface area contributed by atoms with Crippen LogP contribution in [-0.2, 0) is 11.2 Å². The number of fused-ring (bicyclic) bond motifs is 2. The Morgan fingerprint density at radius 1 is 1.07 bits per heavy atom. The number of carbonyl (C=O) groups is 1. The summed E-state index contributed by atoms with van der Waals surface area (Å²) in [6, 6.07) is 17.0. The molecule has 1 aliphatic heterocycles. The number of carboxylic acid groups (broad SMARTS) is 1. The maximum Gasteiger partial charge on any atom is 0.304 e. The summed E-state index contributed by atoms with van der Waals surface area (Å²) < 4.78 is 32.6. The van der Waals surface area contributed by atoms with Crippen LogP contribution in [0.1, 0.15) is 52.7 Å². The molecule has 40 heavy (non-hydrogen) atoms. The number of hydrogen-bond donors (Lipinski definition) is 1. The van der Waals surface area contributed by atoms with Crippen LogP contribution in [0.5, 0.6) is 17.2 Å². The van der Waals surface area contributed by atoms with Gasteiger partial charge in [0, 0.05) is 28.7 Å². The van der Waals surface area contributed by atoms with Crippen molar-refractivity contribution in [1.29, 1.82) is 0 Å². The second-order valence-corrected chi connectivity index (χ2v) is 10.5. The topological polar surface area (TPSA) is 77.9 Å². The highest BCUT2D eigenvalue weighted by molar-refractivity contribution is 5.79. The molecule has 0 amide bonds. The first kappa shape index (κ1) is 25.9. The molecule has 4 aromatic rings. The summed E-state index contributed by atoms with van der Waals surface area (Å²) in [6.07, 6.45) is 2.67. The first-order chi connectivity index (χ1) is 19.3. The molecule has 0 fully saturated rings. The number of aryl methyl sites for hydroxylation is 2. The molecule has 2 atom stereocenters. The summed E-state index contributed by atoms with van der Waals surface area (Å²) in [7, 11) is 1.62. The summed E-state index contributed by atoms with van der Waals surface area (Å²) in [6.45, 7) is 4.49. The van der Waals surface area contributed by atoms with E-state index in [0.29, 0.717) is 42.3 Å². The van der Waals surface area contributed by atoms with Gasteiger partial charge in [-0.1, -0.05) is 12.1 Å². The van der Waals surface area contributed by atoms with Crippen molar-refractivity contribution in [1.82, 2.24) is 4.98 Å². The van der Waals surface area contributed by atoms with Gasteiger partial charge in [-0.3, -0.25) is 9.78 Å². The molecular weight excluding hydrogens is 509 g/mol. The van der Waals surface area contributed by atoms with Gasteiger partial charge in [0.2, 0.25) is 0 Å². The van der Waals surface area contributed by atoms with E-state index in [1.807, 2.05) is 30.3 Å². The molecule has 7 heteroatoms. The van der Waals surface area contributed by atoms with Crippen molar-refractivity contribution in [3.8, 4) is 39.6 Å². The number of rotatable bonds is 7. The fourth-order valence-corrected chi connectivity index (χ4v) is 6.11. The highest BCUT2D eigenvalue weighted by atomic mass is 19.1. The summed E-state index contributed by atoms with van der Waals surface area (Å²) in [5.74, 6) is 0.632. The Morgan fingerprint density at radius 2 is 1.85 bits per heavy atom. The Bertz CT molecular complexity index is 1590. The fraction of sp³-hybridized carbons (Fsp3) is 0.273. The van der Waals surface area contributed by atoms with Gasteiger partial charge in [0.15, 0.2) is 0 Å². The number of benzene rings is 3. The molecule has 2 aliphatic rings. The number of carboxylic acids is 1. The average molecular weight is 540 g/mol. The van der Waals surface area contributed by atoms with Gasteiger partial charge >= 0.3 is 5.97 Å². The third kappa shape index (κ3) is 4.66. The van der Waals surface area contributed by atoms with E-state index < -0.39 is 12.1 Å². The smallest absolute Gasteiger partial charge is 0.304 e. The lowest BCUT2D eigenvalue weighted by atomic mass is 9.88. The van der Waals surface area contributed by atoms with E-state index in [1.165, 1.54) is 6.07 Å². The molecule has 1 aliphatic carbocycles. The zero-order valence-electron chi connectivity index (χ0n) is 22.7. The van der Waals surface area contributed by atoms with Crippen LogP contribution in [0.25, 0.3) is 22.4 Å². The summed E-state index contributed by atoms with van der Waals surface area (Å²) in [5, 5.41) is 9.16. The van der Waals surface area contributed by atoms with E-state index in [4.69, 9.17) is 19.3 Å². The first-order valence-corrected chi connectivity index (χ1v) is 13.4. The van der Waals surface area contributed by atoms with Gasteiger partial charge in [-0.2, -0.15) is 0 Å².